The van der Waals surface area contributed by atoms with E-state index in [0.29, 0.717) is 49.4 Å². The van der Waals surface area contributed by atoms with E-state index in [0.717, 1.165) is 37.5 Å². The zero-order chi connectivity index (χ0) is 56.5. The van der Waals surface area contributed by atoms with E-state index in [1.165, 1.54) is 97.8 Å². The monoisotopic (exact) mass is 1130 g/mol. The molecule has 0 spiro atoms. The molecule has 392 valence electrons. The molecule has 0 amide bonds. The van der Waals surface area contributed by atoms with Gasteiger partial charge in [-0.25, -0.2) is 39.1 Å². The Labute approximate surface area is 440 Å². The zero-order valence-corrected chi connectivity index (χ0v) is 42.0. The lowest BCUT2D eigenvalue weighted by Crippen LogP contribution is -2.23. The Kier molecular flexibility index (Phi) is 14.3. The van der Waals surface area contributed by atoms with E-state index in [4.69, 9.17) is 42.3 Å². The van der Waals surface area contributed by atoms with Crippen LogP contribution in [0, 0.1) is 0 Å². The number of ether oxygens (including phenoxy) is 4. The van der Waals surface area contributed by atoms with Crippen molar-refractivity contribution < 1.29 is 42.3 Å². The Balaban J connectivity index is 0.000000129. The third kappa shape index (κ3) is 11.9. The highest BCUT2D eigenvalue weighted by Gasteiger charge is 2.20. The smallest absolute Gasteiger partial charge is 0.369 e. The van der Waals surface area contributed by atoms with Gasteiger partial charge in [-0.3, -0.25) is 0 Å². The normalized spacial score (nSPS) is 11.5. The van der Waals surface area contributed by atoms with E-state index in [2.05, 4.69) is 82.2 Å². The number of aromatic nitrogens is 24. The predicted molar refractivity (Wildman–Crippen MR) is 252 cm³/mol. The van der Waals surface area contributed by atoms with Crippen LogP contribution < -0.4 is 41.7 Å². The number of oxazole rings is 1. The molecule has 12 aromatic rings. The van der Waals surface area contributed by atoms with Crippen LogP contribution in [0.3, 0.4) is 0 Å². The minimum absolute atomic E-state index is 0.0191. The van der Waals surface area contributed by atoms with Crippen molar-refractivity contribution in [2.45, 2.75) is 26.4 Å². The van der Waals surface area contributed by atoms with E-state index in [9.17, 15) is 19.2 Å². The summed E-state index contributed by atoms with van der Waals surface area (Å²) in [6.07, 6.45) is 4.51. The molecule has 40 heteroatoms. The Morgan fingerprint density at radius 3 is 1.38 bits per heavy atom. The summed E-state index contributed by atoms with van der Waals surface area (Å²) in [6, 6.07) is 1.60. The highest BCUT2D eigenvalue weighted by molar-refractivity contribution is 7.12. The molecule has 12 heterocycles. The summed E-state index contributed by atoms with van der Waals surface area (Å²) < 4.78 is 79.5. The van der Waals surface area contributed by atoms with Gasteiger partial charge >= 0.3 is 22.8 Å². The molecule has 0 aliphatic heterocycles. The number of hydrogen-bond acceptors (Lipinski definition) is 32. The minimum atomic E-state index is -0.482. The molecular weight excluding hydrogens is 1090 g/mol. The van der Waals surface area contributed by atoms with Crippen LogP contribution in [-0.4, -0.2) is 120 Å². The fraction of sp³-hybridized carbons (Fsp3) is 0.222. The number of nitrogens with zero attached hydrogens (tertiary/aromatic N) is 24. The van der Waals surface area contributed by atoms with Gasteiger partial charge in [0.05, 0.1) is 17.9 Å². The first-order valence-electron chi connectivity index (χ1n) is 22.5. The van der Waals surface area contributed by atoms with Gasteiger partial charge in [0, 0.05) is 85.7 Å². The van der Waals surface area contributed by atoms with Gasteiger partial charge < -0.3 is 36.8 Å². The summed E-state index contributed by atoms with van der Waals surface area (Å²) in [5.74, 6) is 1.57. The standard InChI is InChI=1S/C10H9N5O3S.2C9H8N6O3S.C8H7N7O3S/c1-14-10(16)15(13-12-14)7-2-4-17-8(7)6-18-9-11-3-5-19-9;1-14-9(16)15(13-12-14)7-6(18-5-11-7)4-17-8-10-2-3-19-8;1-14-9(16)15(13-12-14)6-4-11-18-7(6)5-17-8-10-2-3-19-8;1-14-8(16)15(12-11-14)6-5(18-13-10-6)4-17-7-9-2-3-19-7/h2-5H,6H2,1H3;2-3,5H,4H2,1H3;2-4H,5H2,1H3;2-3H,4H2,1H3/i3T;3*2T. The van der Waals surface area contributed by atoms with Crippen LogP contribution in [0.2, 0.25) is 0 Å². The Bertz CT molecular complexity index is 3690. The average Bonchev–Trinajstić information content (AvgIpc) is 4.27. The van der Waals surface area contributed by atoms with Gasteiger partial charge in [0.25, 0.3) is 20.8 Å². The summed E-state index contributed by atoms with van der Waals surface area (Å²) in [5.41, 5.74) is -0.906. The molecule has 0 aromatic carbocycles. The molecule has 0 saturated carbocycles. The fourth-order valence-corrected chi connectivity index (χ4v) is 7.23. The van der Waals surface area contributed by atoms with Crippen molar-refractivity contribution >= 4 is 45.3 Å². The minimum Gasteiger partial charge on any atom is -0.463 e. The molecule has 0 unspecified atom stereocenters. The molecule has 0 radical (unpaired) electrons. The predicted octanol–water partition coefficient (Wildman–Crippen LogP) is -0.0420. The molecule has 0 aliphatic carbocycles. The van der Waals surface area contributed by atoms with Crippen molar-refractivity contribution in [2.24, 2.45) is 28.2 Å². The van der Waals surface area contributed by atoms with Crippen molar-refractivity contribution in [1.29, 1.82) is 0 Å². The third-order valence-corrected chi connectivity index (χ3v) is 11.6. The SMILES string of the molecule is [3H]c1csc(OCc2occc2-n2nnn(C)c2=O)n1.[3H]c1csc(OCc2ocnc2-n2nnn(C)c2=O)n1.[3H]c1csc(OCc2oncc2-n2nnn(C)c2=O)n1.[3H]c1csc(OCc2onnc2-n2nnn(C)c2=O)n1. The molecule has 12 aromatic heterocycles. The van der Waals surface area contributed by atoms with E-state index < -0.39 is 17.1 Å². The molecule has 0 bridgehead atoms. The number of hydrogen-bond donors (Lipinski definition) is 0. The lowest BCUT2D eigenvalue weighted by molar-refractivity contribution is 0.244. The Morgan fingerprint density at radius 1 is 0.487 bits per heavy atom. The van der Waals surface area contributed by atoms with Crippen LogP contribution in [0.5, 0.6) is 20.8 Å². The van der Waals surface area contributed by atoms with E-state index in [-0.39, 0.29) is 74.2 Å². The first kappa shape index (κ1) is 45.9. The average molecular weight is 1130 g/mol. The van der Waals surface area contributed by atoms with Crippen molar-refractivity contribution in [1.82, 2.24) is 120 Å². The van der Waals surface area contributed by atoms with Gasteiger partial charge in [0.2, 0.25) is 17.4 Å². The second kappa shape index (κ2) is 23.7. The van der Waals surface area contributed by atoms with Crippen LogP contribution in [0.1, 0.15) is 28.5 Å². The summed E-state index contributed by atoms with van der Waals surface area (Å²) in [6.45, 7) is 0.0766. The number of rotatable bonds is 16. The maximum absolute atomic E-state index is 11.8. The van der Waals surface area contributed by atoms with Crippen molar-refractivity contribution in [3.05, 3.63) is 136 Å². The van der Waals surface area contributed by atoms with Crippen molar-refractivity contribution in [3.63, 3.8) is 0 Å². The highest BCUT2D eigenvalue weighted by atomic mass is 32.1. The molecule has 0 fully saturated rings. The molecule has 0 aliphatic rings. The largest absolute Gasteiger partial charge is 0.463 e. The molecule has 0 atom stereocenters. The second-order valence-corrected chi connectivity index (χ2v) is 17.1. The van der Waals surface area contributed by atoms with E-state index in [1.807, 2.05) is 0 Å². The lowest BCUT2D eigenvalue weighted by Gasteiger charge is -2.01. The number of aryl methyl sites for hydroxylation is 4. The molecule has 0 N–H and O–H groups in total. The van der Waals surface area contributed by atoms with Gasteiger partial charge in [-0.1, -0.05) is 55.6 Å². The summed E-state index contributed by atoms with van der Waals surface area (Å²) in [4.78, 5) is 66.2. The number of tetrazole rings is 4. The second-order valence-electron chi connectivity index (χ2n) is 13.8. The van der Waals surface area contributed by atoms with Crippen LogP contribution in [0.4, 0.5) is 0 Å². The third-order valence-electron chi connectivity index (χ3n) is 9.03. The first-order chi connectivity index (χ1) is 38.6. The summed E-state index contributed by atoms with van der Waals surface area (Å²) in [5, 5.41) is 47.3. The van der Waals surface area contributed by atoms with Crippen molar-refractivity contribution in [3.8, 4) is 43.8 Å². The summed E-state index contributed by atoms with van der Waals surface area (Å²) >= 11 is 4.79. The van der Waals surface area contributed by atoms with Crippen LogP contribution in [-0.2, 0) is 54.6 Å². The topological polar surface area (TPSA) is 403 Å². The number of thiazole rings is 4. The van der Waals surface area contributed by atoms with Crippen LogP contribution >= 0.6 is 45.3 Å². The molecule has 12 rings (SSSR count). The van der Waals surface area contributed by atoms with Gasteiger partial charge in [-0.2, -0.15) is 33.1 Å². The zero-order valence-electron chi connectivity index (χ0n) is 42.7. The Morgan fingerprint density at radius 2 is 0.921 bits per heavy atom. The first-order valence-corrected chi connectivity index (χ1v) is 24.0. The van der Waals surface area contributed by atoms with Gasteiger partial charge in [0.1, 0.15) is 11.4 Å². The fourth-order valence-electron chi connectivity index (χ4n) is 5.48. The molecular formula is C36H32N24O12S4. The van der Waals surface area contributed by atoms with Crippen LogP contribution in [0.15, 0.2) is 108 Å². The van der Waals surface area contributed by atoms with Crippen molar-refractivity contribution in [2.75, 3.05) is 0 Å². The molecule has 76 heavy (non-hydrogen) atoms. The quantitative estimate of drug-likeness (QED) is 0.122. The Hall–Kier alpha value is -9.96. The molecule has 0 saturated heterocycles. The van der Waals surface area contributed by atoms with E-state index in [1.54, 1.807) is 22.2 Å². The summed E-state index contributed by atoms with van der Waals surface area (Å²) in [7, 11) is 5.93. The van der Waals surface area contributed by atoms with E-state index >= 15 is 0 Å². The number of furan rings is 1. The maximum Gasteiger partial charge on any atom is 0.369 e. The van der Waals surface area contributed by atoms with Gasteiger partial charge in [0.15, 0.2) is 50.1 Å². The van der Waals surface area contributed by atoms with Gasteiger partial charge in [-0.15, -0.1) is 9.36 Å². The highest BCUT2D eigenvalue weighted by Crippen LogP contribution is 2.22. The van der Waals surface area contributed by atoms with Crippen LogP contribution in [0.25, 0.3) is 23.0 Å². The lowest BCUT2D eigenvalue weighted by atomic mass is 10.4. The maximum atomic E-state index is 11.8. The molecule has 36 nitrogen and oxygen atoms in total. The van der Waals surface area contributed by atoms with Gasteiger partial charge in [-0.05, 0) is 41.7 Å².